The number of imidazole rings is 1. The van der Waals surface area contributed by atoms with Gasteiger partial charge < -0.3 is 5.32 Å². The summed E-state index contributed by atoms with van der Waals surface area (Å²) >= 11 is 0. The summed E-state index contributed by atoms with van der Waals surface area (Å²) in [5, 5.41) is 3.10. The molecule has 26 heavy (non-hydrogen) atoms. The Morgan fingerprint density at radius 2 is 2.08 bits per heavy atom. The van der Waals surface area contributed by atoms with Gasteiger partial charge in [-0.25, -0.2) is 9.97 Å². The van der Waals surface area contributed by atoms with Crippen molar-refractivity contribution in [1.82, 2.24) is 24.8 Å². The average Bonchev–Trinajstić information content (AvgIpc) is 3.11. The van der Waals surface area contributed by atoms with E-state index in [1.807, 2.05) is 48.0 Å². The maximum Gasteiger partial charge on any atom is 0.237 e. The molecule has 1 unspecified atom stereocenters. The zero-order valence-corrected chi connectivity index (χ0v) is 14.9. The molecule has 0 radical (unpaired) electrons. The van der Waals surface area contributed by atoms with Gasteiger partial charge in [0.25, 0.3) is 0 Å². The zero-order valence-electron chi connectivity index (χ0n) is 14.9. The molecule has 1 N–H and O–H groups in total. The lowest BCUT2D eigenvalue weighted by molar-refractivity contribution is -0.127. The number of pyridine rings is 1. The predicted octanol–water partition coefficient (Wildman–Crippen LogP) is 2.52. The maximum absolute atomic E-state index is 12.6. The van der Waals surface area contributed by atoms with Crippen LogP contribution in [-0.4, -0.2) is 45.0 Å². The molecular formula is C20H23N5O. The fraction of sp³-hybridized carbons (Fsp3) is 0.350. The van der Waals surface area contributed by atoms with Gasteiger partial charge in [0.05, 0.1) is 17.1 Å². The second kappa shape index (κ2) is 7.25. The Balaban J connectivity index is 1.56. The van der Waals surface area contributed by atoms with Crippen molar-refractivity contribution in [2.75, 3.05) is 13.6 Å². The van der Waals surface area contributed by atoms with Gasteiger partial charge in [-0.1, -0.05) is 24.6 Å². The summed E-state index contributed by atoms with van der Waals surface area (Å²) in [6.45, 7) is 1.44. The number of nitrogens with zero attached hydrogens (tertiary/aromatic N) is 4. The van der Waals surface area contributed by atoms with Crippen LogP contribution in [-0.2, 0) is 11.3 Å². The lowest BCUT2D eigenvalue weighted by Crippen LogP contribution is -2.47. The van der Waals surface area contributed by atoms with Crippen molar-refractivity contribution >= 4 is 16.9 Å². The summed E-state index contributed by atoms with van der Waals surface area (Å²) in [5.41, 5.74) is 2.91. The van der Waals surface area contributed by atoms with Crippen molar-refractivity contribution in [3.63, 3.8) is 0 Å². The van der Waals surface area contributed by atoms with Crippen LogP contribution in [0.2, 0.25) is 0 Å². The van der Waals surface area contributed by atoms with Crippen LogP contribution in [0, 0.1) is 0 Å². The van der Waals surface area contributed by atoms with Gasteiger partial charge in [0, 0.05) is 18.3 Å². The monoisotopic (exact) mass is 349 g/mol. The molecule has 6 heteroatoms. The van der Waals surface area contributed by atoms with E-state index in [9.17, 15) is 4.79 Å². The molecule has 4 rings (SSSR count). The summed E-state index contributed by atoms with van der Waals surface area (Å²) in [6, 6.07) is 11.8. The number of nitrogens with one attached hydrogen (secondary N) is 1. The Labute approximate surface area is 152 Å². The average molecular weight is 349 g/mol. The van der Waals surface area contributed by atoms with E-state index in [-0.39, 0.29) is 11.9 Å². The fourth-order valence-electron chi connectivity index (χ4n) is 3.62. The van der Waals surface area contributed by atoms with Crippen LogP contribution in [0.1, 0.15) is 24.8 Å². The normalized spacial score (nSPS) is 18.1. The number of aromatic nitrogens is 3. The molecule has 1 aliphatic rings. The smallest absolute Gasteiger partial charge is 0.237 e. The van der Waals surface area contributed by atoms with Crippen molar-refractivity contribution < 1.29 is 4.79 Å². The van der Waals surface area contributed by atoms with E-state index < -0.39 is 0 Å². The van der Waals surface area contributed by atoms with E-state index in [0.29, 0.717) is 6.54 Å². The number of likely N-dealkylation sites (tertiary alicyclic amines) is 1. The van der Waals surface area contributed by atoms with Crippen molar-refractivity contribution in [2.45, 2.75) is 31.8 Å². The lowest BCUT2D eigenvalue weighted by atomic mass is 10.0. The number of carbonyl (C=O) groups is 1. The quantitative estimate of drug-likeness (QED) is 0.786. The molecule has 0 saturated carbocycles. The van der Waals surface area contributed by atoms with E-state index in [1.165, 1.54) is 6.42 Å². The third-order valence-electron chi connectivity index (χ3n) is 5.08. The lowest BCUT2D eigenvalue weighted by Gasteiger charge is -2.31. The third kappa shape index (κ3) is 3.20. The number of piperidine rings is 1. The molecule has 3 aromatic rings. The molecule has 1 amide bonds. The molecule has 134 valence electrons. The van der Waals surface area contributed by atoms with Crippen molar-refractivity contribution in [1.29, 1.82) is 0 Å². The first-order valence-electron chi connectivity index (χ1n) is 9.08. The number of benzene rings is 1. The fourth-order valence-corrected chi connectivity index (χ4v) is 3.62. The van der Waals surface area contributed by atoms with Gasteiger partial charge in [-0.2, -0.15) is 0 Å². The second-order valence-electron chi connectivity index (χ2n) is 6.80. The molecule has 0 bridgehead atoms. The van der Waals surface area contributed by atoms with E-state index in [4.69, 9.17) is 0 Å². The largest absolute Gasteiger partial charge is 0.351 e. The van der Waals surface area contributed by atoms with E-state index in [0.717, 1.165) is 41.8 Å². The number of fused-ring (bicyclic) bond motifs is 1. The van der Waals surface area contributed by atoms with Gasteiger partial charge in [0.2, 0.25) is 5.91 Å². The Kier molecular flexibility index (Phi) is 4.67. The minimum absolute atomic E-state index is 0.0297. The first-order chi connectivity index (χ1) is 12.7. The zero-order chi connectivity index (χ0) is 17.9. The van der Waals surface area contributed by atoms with Gasteiger partial charge >= 0.3 is 0 Å². The standard InChI is InChI=1S/C20H23N5O/c1-24-12-5-4-10-18(24)20(26)22-13-15-7-6-11-21-19(15)25-14-23-16-8-2-3-9-17(16)25/h2-3,6-9,11,14,18H,4-5,10,12-13H2,1H3,(H,22,26). The van der Waals surface area contributed by atoms with Crippen LogP contribution in [0.5, 0.6) is 0 Å². The number of amides is 1. The van der Waals surface area contributed by atoms with Gasteiger partial charge in [0.15, 0.2) is 0 Å². The van der Waals surface area contributed by atoms with Gasteiger partial charge in [-0.05, 0) is 44.6 Å². The molecule has 1 aliphatic heterocycles. The molecule has 1 fully saturated rings. The number of para-hydroxylation sites is 2. The van der Waals surface area contributed by atoms with Gasteiger partial charge in [-0.3, -0.25) is 14.3 Å². The van der Waals surface area contributed by atoms with Gasteiger partial charge in [0.1, 0.15) is 12.1 Å². The molecule has 6 nitrogen and oxygen atoms in total. The van der Waals surface area contributed by atoms with Crippen molar-refractivity contribution in [3.8, 4) is 5.82 Å². The molecule has 0 aliphatic carbocycles. The topological polar surface area (TPSA) is 63.1 Å². The highest BCUT2D eigenvalue weighted by molar-refractivity contribution is 5.82. The number of hydrogen-bond acceptors (Lipinski definition) is 4. The number of likely N-dealkylation sites (N-methyl/N-ethyl adjacent to an activating group) is 1. The first kappa shape index (κ1) is 16.7. The maximum atomic E-state index is 12.6. The van der Waals surface area contributed by atoms with Crippen LogP contribution in [0.25, 0.3) is 16.9 Å². The Bertz CT molecular complexity index is 919. The second-order valence-corrected chi connectivity index (χ2v) is 6.80. The highest BCUT2D eigenvalue weighted by atomic mass is 16.2. The summed E-state index contributed by atoms with van der Waals surface area (Å²) in [6.07, 6.45) is 6.76. The number of hydrogen-bond donors (Lipinski definition) is 1. The van der Waals surface area contributed by atoms with E-state index in [2.05, 4.69) is 20.2 Å². The molecule has 1 saturated heterocycles. The van der Waals surface area contributed by atoms with Crippen LogP contribution >= 0.6 is 0 Å². The minimum atomic E-state index is -0.0297. The Hall–Kier alpha value is -2.73. The van der Waals surface area contributed by atoms with E-state index >= 15 is 0 Å². The highest BCUT2D eigenvalue weighted by Gasteiger charge is 2.25. The van der Waals surface area contributed by atoms with Crippen LogP contribution in [0.3, 0.4) is 0 Å². The highest BCUT2D eigenvalue weighted by Crippen LogP contribution is 2.20. The number of carbonyl (C=O) groups excluding carboxylic acids is 1. The number of rotatable bonds is 4. The van der Waals surface area contributed by atoms with Crippen LogP contribution in [0.15, 0.2) is 48.9 Å². The van der Waals surface area contributed by atoms with Crippen LogP contribution < -0.4 is 5.32 Å². The minimum Gasteiger partial charge on any atom is -0.351 e. The summed E-state index contributed by atoms with van der Waals surface area (Å²) < 4.78 is 1.98. The van der Waals surface area contributed by atoms with E-state index in [1.54, 1.807) is 12.5 Å². The molecule has 2 aromatic heterocycles. The SMILES string of the molecule is CN1CCCCC1C(=O)NCc1cccnc1-n1cnc2ccccc21. The summed E-state index contributed by atoms with van der Waals surface area (Å²) in [4.78, 5) is 23.7. The molecule has 3 heterocycles. The third-order valence-corrected chi connectivity index (χ3v) is 5.08. The first-order valence-corrected chi connectivity index (χ1v) is 9.08. The Morgan fingerprint density at radius 1 is 1.19 bits per heavy atom. The molecule has 0 spiro atoms. The molecule has 1 atom stereocenters. The predicted molar refractivity (Wildman–Crippen MR) is 101 cm³/mol. The van der Waals surface area contributed by atoms with Gasteiger partial charge in [-0.15, -0.1) is 0 Å². The molecular weight excluding hydrogens is 326 g/mol. The van der Waals surface area contributed by atoms with Crippen LogP contribution in [0.4, 0.5) is 0 Å². The molecule has 1 aromatic carbocycles. The summed E-state index contributed by atoms with van der Waals surface area (Å²) in [7, 11) is 2.02. The van der Waals surface area contributed by atoms with Crippen molar-refractivity contribution in [3.05, 3.63) is 54.5 Å². The Morgan fingerprint density at radius 3 is 2.96 bits per heavy atom. The summed E-state index contributed by atoms with van der Waals surface area (Å²) in [5.74, 6) is 0.899. The van der Waals surface area contributed by atoms with Crippen molar-refractivity contribution in [2.24, 2.45) is 0 Å².